The van der Waals surface area contributed by atoms with Crippen molar-refractivity contribution < 1.29 is 14.4 Å². The molecule has 2 aliphatic heterocycles. The van der Waals surface area contributed by atoms with Gasteiger partial charge in [-0.15, -0.1) is 0 Å². The second-order valence-electron chi connectivity index (χ2n) is 5.88. The van der Waals surface area contributed by atoms with Crippen LogP contribution in [0.3, 0.4) is 0 Å². The molecule has 2 aromatic carbocycles. The van der Waals surface area contributed by atoms with Gasteiger partial charge < -0.3 is 10.6 Å². The lowest BCUT2D eigenvalue weighted by Crippen LogP contribution is -2.68. The van der Waals surface area contributed by atoms with E-state index in [1.54, 1.807) is 48.5 Å². The van der Waals surface area contributed by atoms with Crippen LogP contribution >= 0.6 is 0 Å². The fraction of sp³-hybridized carbons (Fsp3) is 0.167. The monoisotopic (exact) mass is 321 g/mol. The molecule has 2 heterocycles. The number of carbonyl (C=O) groups is 3. The Morgan fingerprint density at radius 1 is 1.04 bits per heavy atom. The van der Waals surface area contributed by atoms with Crippen molar-refractivity contribution >= 4 is 29.1 Å². The van der Waals surface area contributed by atoms with Gasteiger partial charge in [0.2, 0.25) is 11.6 Å². The molecule has 4 rings (SSSR count). The molecule has 0 aromatic heterocycles. The minimum Gasteiger partial charge on any atom is -0.322 e. The third kappa shape index (κ3) is 2.00. The molecule has 2 aliphatic rings. The van der Waals surface area contributed by atoms with Crippen LogP contribution in [0.5, 0.6) is 0 Å². The number of benzene rings is 2. The molecule has 6 heteroatoms. The summed E-state index contributed by atoms with van der Waals surface area (Å²) in [6, 6.07) is 15.8. The fourth-order valence-electron chi connectivity index (χ4n) is 3.33. The molecule has 3 amide bonds. The van der Waals surface area contributed by atoms with Crippen LogP contribution < -0.4 is 15.5 Å². The van der Waals surface area contributed by atoms with Crippen LogP contribution in [0, 0.1) is 0 Å². The molecule has 120 valence electrons. The molecule has 1 saturated heterocycles. The van der Waals surface area contributed by atoms with Gasteiger partial charge in [-0.2, -0.15) is 0 Å². The summed E-state index contributed by atoms with van der Waals surface area (Å²) in [4.78, 5) is 39.3. The van der Waals surface area contributed by atoms with E-state index < -0.39 is 11.6 Å². The van der Waals surface area contributed by atoms with Gasteiger partial charge in [0.1, 0.15) is 0 Å². The average Bonchev–Trinajstić information content (AvgIpc) is 2.94. The molecule has 0 aliphatic carbocycles. The van der Waals surface area contributed by atoms with Crippen LogP contribution in [-0.2, 0) is 9.59 Å². The van der Waals surface area contributed by atoms with E-state index in [-0.39, 0.29) is 24.7 Å². The number of anilines is 2. The number of carbonyl (C=O) groups excluding carboxylic acids is 3. The standard InChI is InChI=1S/C18H15N3O3/c22-15-10-11-18(17(24)19-12-6-2-1-3-7-12)20-16(23)13-8-4-5-9-14(13)21(15)18/h1-9H,10-11H2,(H,19,24)(H,20,23). The highest BCUT2D eigenvalue weighted by Gasteiger charge is 2.56. The van der Waals surface area contributed by atoms with Crippen LogP contribution in [0.2, 0.25) is 0 Å². The van der Waals surface area contributed by atoms with Gasteiger partial charge >= 0.3 is 0 Å². The summed E-state index contributed by atoms with van der Waals surface area (Å²) in [6.45, 7) is 0. The summed E-state index contributed by atoms with van der Waals surface area (Å²) in [5.41, 5.74) is 0.116. The zero-order valence-corrected chi connectivity index (χ0v) is 12.8. The molecule has 1 unspecified atom stereocenters. The van der Waals surface area contributed by atoms with Crippen molar-refractivity contribution in [3.05, 3.63) is 60.2 Å². The molecule has 0 spiro atoms. The first-order chi connectivity index (χ1) is 11.6. The quantitative estimate of drug-likeness (QED) is 0.886. The van der Waals surface area contributed by atoms with E-state index in [2.05, 4.69) is 10.6 Å². The van der Waals surface area contributed by atoms with Gasteiger partial charge in [0.15, 0.2) is 0 Å². The minimum atomic E-state index is -1.38. The Hall–Kier alpha value is -3.15. The van der Waals surface area contributed by atoms with Gasteiger partial charge in [0.25, 0.3) is 11.8 Å². The van der Waals surface area contributed by atoms with Gasteiger partial charge in [-0.3, -0.25) is 19.3 Å². The highest BCUT2D eigenvalue weighted by molar-refractivity contribution is 6.18. The summed E-state index contributed by atoms with van der Waals surface area (Å²) in [5, 5.41) is 5.55. The predicted octanol–water partition coefficient (Wildman–Crippen LogP) is 1.89. The molecule has 6 nitrogen and oxygen atoms in total. The summed E-state index contributed by atoms with van der Waals surface area (Å²) < 4.78 is 0. The molecule has 1 fully saturated rings. The van der Waals surface area contributed by atoms with Crippen molar-refractivity contribution in [2.45, 2.75) is 18.5 Å². The topological polar surface area (TPSA) is 78.5 Å². The molecule has 24 heavy (non-hydrogen) atoms. The number of para-hydroxylation sites is 2. The number of fused-ring (bicyclic) bond motifs is 3. The number of hydrogen-bond acceptors (Lipinski definition) is 3. The highest BCUT2D eigenvalue weighted by Crippen LogP contribution is 2.39. The lowest BCUT2D eigenvalue weighted by Gasteiger charge is -2.41. The largest absolute Gasteiger partial charge is 0.322 e. The molecule has 0 radical (unpaired) electrons. The van der Waals surface area contributed by atoms with Gasteiger partial charge in [0.05, 0.1) is 11.3 Å². The van der Waals surface area contributed by atoms with Crippen LogP contribution in [0.15, 0.2) is 54.6 Å². The number of hydrogen-bond donors (Lipinski definition) is 2. The first-order valence-corrected chi connectivity index (χ1v) is 7.73. The maximum Gasteiger partial charge on any atom is 0.271 e. The van der Waals surface area contributed by atoms with Crippen LogP contribution in [0.25, 0.3) is 0 Å². The van der Waals surface area contributed by atoms with Crippen molar-refractivity contribution in [2.24, 2.45) is 0 Å². The molecule has 0 bridgehead atoms. The molecule has 2 N–H and O–H groups in total. The Morgan fingerprint density at radius 3 is 2.54 bits per heavy atom. The lowest BCUT2D eigenvalue weighted by atomic mass is 9.98. The summed E-state index contributed by atoms with van der Waals surface area (Å²) >= 11 is 0. The molecule has 2 aromatic rings. The van der Waals surface area contributed by atoms with Gasteiger partial charge in [0, 0.05) is 18.5 Å². The third-order valence-corrected chi connectivity index (χ3v) is 4.45. The Labute approximate surface area is 138 Å². The lowest BCUT2D eigenvalue weighted by molar-refractivity contribution is -0.124. The second kappa shape index (κ2) is 5.19. The van der Waals surface area contributed by atoms with Gasteiger partial charge in [-0.25, -0.2) is 0 Å². The van der Waals surface area contributed by atoms with Gasteiger partial charge in [-0.1, -0.05) is 30.3 Å². The Morgan fingerprint density at radius 2 is 1.75 bits per heavy atom. The molecular weight excluding hydrogens is 306 g/mol. The molecule has 0 saturated carbocycles. The van der Waals surface area contributed by atoms with E-state index in [1.807, 2.05) is 6.07 Å². The van der Waals surface area contributed by atoms with E-state index in [0.717, 1.165) is 0 Å². The van der Waals surface area contributed by atoms with E-state index in [1.165, 1.54) is 4.90 Å². The second-order valence-corrected chi connectivity index (χ2v) is 5.88. The van der Waals surface area contributed by atoms with E-state index in [0.29, 0.717) is 16.9 Å². The Kier molecular flexibility index (Phi) is 3.13. The van der Waals surface area contributed by atoms with Crippen LogP contribution in [0.1, 0.15) is 23.2 Å². The number of rotatable bonds is 2. The smallest absolute Gasteiger partial charge is 0.271 e. The van der Waals surface area contributed by atoms with Crippen LogP contribution in [-0.4, -0.2) is 23.4 Å². The summed E-state index contributed by atoms with van der Waals surface area (Å²) in [5.74, 6) is -0.937. The highest BCUT2D eigenvalue weighted by atomic mass is 16.2. The Bertz CT molecular complexity index is 850. The fourth-order valence-corrected chi connectivity index (χ4v) is 3.33. The van der Waals surface area contributed by atoms with Crippen molar-refractivity contribution in [1.82, 2.24) is 5.32 Å². The zero-order valence-electron chi connectivity index (χ0n) is 12.8. The van der Waals surface area contributed by atoms with E-state index in [4.69, 9.17) is 0 Å². The summed E-state index contributed by atoms with van der Waals surface area (Å²) in [6.07, 6.45) is 0.446. The third-order valence-electron chi connectivity index (χ3n) is 4.45. The number of nitrogens with one attached hydrogen (secondary N) is 2. The van der Waals surface area contributed by atoms with E-state index >= 15 is 0 Å². The normalized spacial score (nSPS) is 21.8. The SMILES string of the molecule is O=C1NC2(C(=O)Nc3ccccc3)CCC(=O)N2c2ccccc21. The first kappa shape index (κ1) is 14.4. The molecule has 1 atom stereocenters. The van der Waals surface area contributed by atoms with Crippen LogP contribution in [0.4, 0.5) is 11.4 Å². The summed E-state index contributed by atoms with van der Waals surface area (Å²) in [7, 11) is 0. The average molecular weight is 321 g/mol. The van der Waals surface area contributed by atoms with Gasteiger partial charge in [-0.05, 0) is 24.3 Å². The van der Waals surface area contributed by atoms with E-state index in [9.17, 15) is 14.4 Å². The first-order valence-electron chi connectivity index (χ1n) is 7.73. The van der Waals surface area contributed by atoms with Crippen molar-refractivity contribution in [2.75, 3.05) is 10.2 Å². The molecular formula is C18H15N3O3. The predicted molar refractivity (Wildman–Crippen MR) is 88.4 cm³/mol. The maximum absolute atomic E-state index is 13.0. The van der Waals surface area contributed by atoms with Crippen molar-refractivity contribution in [3.63, 3.8) is 0 Å². The maximum atomic E-state index is 13.0. The zero-order chi connectivity index (χ0) is 16.7. The Balaban J connectivity index is 1.77. The van der Waals surface area contributed by atoms with Crippen molar-refractivity contribution in [3.8, 4) is 0 Å². The van der Waals surface area contributed by atoms with Crippen molar-refractivity contribution in [1.29, 1.82) is 0 Å². The number of amides is 3. The minimum absolute atomic E-state index is 0.175. The number of nitrogens with zero attached hydrogens (tertiary/aromatic N) is 1.